The first-order chi connectivity index (χ1) is 8.83. The average molecular weight is 241 g/mol. The van der Waals surface area contributed by atoms with Gasteiger partial charge in [-0.1, -0.05) is 18.2 Å². The van der Waals surface area contributed by atoms with Gasteiger partial charge in [-0.2, -0.15) is 0 Å². The van der Waals surface area contributed by atoms with E-state index in [0.29, 0.717) is 6.04 Å². The third-order valence-electron chi connectivity index (χ3n) is 3.50. The first-order valence-corrected chi connectivity index (χ1v) is 6.66. The zero-order valence-electron chi connectivity index (χ0n) is 10.7. The normalized spacial score (nSPS) is 19.9. The van der Waals surface area contributed by atoms with E-state index < -0.39 is 0 Å². The summed E-state index contributed by atoms with van der Waals surface area (Å²) in [6.07, 6.45) is 2.49. The predicted octanol–water partition coefficient (Wildman–Crippen LogP) is 2.71. The highest BCUT2D eigenvalue weighted by Crippen LogP contribution is 2.24. The number of nitrogens with zero attached hydrogens (tertiary/aromatic N) is 1. The summed E-state index contributed by atoms with van der Waals surface area (Å²) < 4.78 is 0. The summed E-state index contributed by atoms with van der Waals surface area (Å²) >= 11 is 0. The number of benzene rings is 1. The van der Waals surface area contributed by atoms with Gasteiger partial charge in [-0.25, -0.2) is 0 Å². The van der Waals surface area contributed by atoms with Gasteiger partial charge in [0, 0.05) is 29.4 Å². The van der Waals surface area contributed by atoms with E-state index in [0.717, 1.165) is 24.3 Å². The zero-order valence-corrected chi connectivity index (χ0v) is 10.7. The summed E-state index contributed by atoms with van der Waals surface area (Å²) in [5.74, 6) is 0. The molecule has 1 aromatic heterocycles. The van der Waals surface area contributed by atoms with Gasteiger partial charge in [-0.15, -0.1) is 0 Å². The third-order valence-corrected chi connectivity index (χ3v) is 3.50. The molecule has 2 N–H and O–H groups in total. The van der Waals surface area contributed by atoms with Crippen molar-refractivity contribution in [1.29, 1.82) is 0 Å². The standard InChI is InChI=1S/C15H19N3/c1-11-9-15(18-12-5-4-8-16-10-12)13-6-2-3-7-14(13)17-11/h2-3,6-7,9,12,16H,4-5,8,10H2,1H3,(H,17,18). The monoisotopic (exact) mass is 241 g/mol. The van der Waals surface area contributed by atoms with Crippen LogP contribution in [0.15, 0.2) is 30.3 Å². The number of pyridine rings is 1. The zero-order chi connectivity index (χ0) is 12.4. The molecule has 2 aromatic rings. The van der Waals surface area contributed by atoms with Gasteiger partial charge in [0.05, 0.1) is 5.52 Å². The van der Waals surface area contributed by atoms with E-state index in [2.05, 4.69) is 46.8 Å². The van der Waals surface area contributed by atoms with Gasteiger partial charge in [0.1, 0.15) is 0 Å². The Morgan fingerprint density at radius 2 is 2.22 bits per heavy atom. The minimum atomic E-state index is 0.531. The Morgan fingerprint density at radius 3 is 3.06 bits per heavy atom. The van der Waals surface area contributed by atoms with Gasteiger partial charge in [0.2, 0.25) is 0 Å². The van der Waals surface area contributed by atoms with Crippen molar-refractivity contribution in [2.75, 3.05) is 18.4 Å². The lowest BCUT2D eigenvalue weighted by molar-refractivity contribution is 0.480. The van der Waals surface area contributed by atoms with Gasteiger partial charge < -0.3 is 10.6 Å². The van der Waals surface area contributed by atoms with Crippen molar-refractivity contribution in [2.45, 2.75) is 25.8 Å². The van der Waals surface area contributed by atoms with E-state index in [1.165, 1.54) is 23.9 Å². The van der Waals surface area contributed by atoms with Crippen LogP contribution in [0.1, 0.15) is 18.5 Å². The number of hydrogen-bond acceptors (Lipinski definition) is 3. The molecule has 0 saturated carbocycles. The number of para-hydroxylation sites is 1. The number of anilines is 1. The van der Waals surface area contributed by atoms with Crippen LogP contribution in [0.5, 0.6) is 0 Å². The fourth-order valence-corrected chi connectivity index (χ4v) is 2.62. The highest BCUT2D eigenvalue weighted by Gasteiger charge is 2.13. The molecule has 0 aliphatic carbocycles. The molecule has 1 saturated heterocycles. The number of aromatic nitrogens is 1. The molecule has 0 radical (unpaired) electrons. The summed E-state index contributed by atoms with van der Waals surface area (Å²) in [4.78, 5) is 4.57. The molecule has 0 bridgehead atoms. The van der Waals surface area contributed by atoms with Crippen LogP contribution in [0.2, 0.25) is 0 Å². The van der Waals surface area contributed by atoms with Crippen LogP contribution in [-0.4, -0.2) is 24.1 Å². The Balaban J connectivity index is 1.94. The minimum absolute atomic E-state index is 0.531. The fourth-order valence-electron chi connectivity index (χ4n) is 2.62. The molecule has 1 fully saturated rings. The second kappa shape index (κ2) is 4.94. The minimum Gasteiger partial charge on any atom is -0.380 e. The number of fused-ring (bicyclic) bond motifs is 1. The second-order valence-corrected chi connectivity index (χ2v) is 5.02. The molecule has 0 amide bonds. The van der Waals surface area contributed by atoms with Crippen molar-refractivity contribution in [1.82, 2.24) is 10.3 Å². The van der Waals surface area contributed by atoms with Crippen LogP contribution < -0.4 is 10.6 Å². The Bertz CT molecular complexity index is 544. The first-order valence-electron chi connectivity index (χ1n) is 6.66. The van der Waals surface area contributed by atoms with Gasteiger partial charge in [0.15, 0.2) is 0 Å². The quantitative estimate of drug-likeness (QED) is 0.849. The smallest absolute Gasteiger partial charge is 0.0725 e. The summed E-state index contributed by atoms with van der Waals surface area (Å²) in [5, 5.41) is 8.32. The Kier molecular flexibility index (Phi) is 3.15. The van der Waals surface area contributed by atoms with Crippen LogP contribution in [0, 0.1) is 6.92 Å². The van der Waals surface area contributed by atoms with E-state index in [-0.39, 0.29) is 0 Å². The first kappa shape index (κ1) is 11.5. The summed E-state index contributed by atoms with van der Waals surface area (Å²) in [6, 6.07) is 11.0. The van der Waals surface area contributed by atoms with Crippen LogP contribution in [0.3, 0.4) is 0 Å². The largest absolute Gasteiger partial charge is 0.380 e. The molecular weight excluding hydrogens is 222 g/mol. The third kappa shape index (κ3) is 2.31. The molecule has 1 aliphatic rings. The maximum atomic E-state index is 4.57. The van der Waals surface area contributed by atoms with Gasteiger partial charge in [0.25, 0.3) is 0 Å². The van der Waals surface area contributed by atoms with Gasteiger partial charge >= 0.3 is 0 Å². The van der Waals surface area contributed by atoms with E-state index >= 15 is 0 Å². The fraction of sp³-hybridized carbons (Fsp3) is 0.400. The van der Waals surface area contributed by atoms with E-state index in [1.807, 2.05) is 6.07 Å². The lowest BCUT2D eigenvalue weighted by Gasteiger charge is -2.25. The Labute approximate surface area is 108 Å². The Morgan fingerprint density at radius 1 is 1.33 bits per heavy atom. The van der Waals surface area contributed by atoms with E-state index in [4.69, 9.17) is 0 Å². The molecular formula is C15H19N3. The van der Waals surface area contributed by atoms with E-state index in [9.17, 15) is 0 Å². The maximum absolute atomic E-state index is 4.57. The molecule has 0 spiro atoms. The highest BCUT2D eigenvalue weighted by atomic mass is 15.0. The number of piperidine rings is 1. The topological polar surface area (TPSA) is 37.0 Å². The second-order valence-electron chi connectivity index (χ2n) is 5.02. The van der Waals surface area contributed by atoms with Gasteiger partial charge in [-0.05, 0) is 38.4 Å². The maximum Gasteiger partial charge on any atom is 0.0725 e. The van der Waals surface area contributed by atoms with Crippen molar-refractivity contribution in [3.63, 3.8) is 0 Å². The lowest BCUT2D eigenvalue weighted by Crippen LogP contribution is -2.38. The number of aryl methyl sites for hydroxylation is 1. The van der Waals surface area contributed by atoms with Crippen LogP contribution in [0.4, 0.5) is 5.69 Å². The Hall–Kier alpha value is -1.61. The van der Waals surface area contributed by atoms with Crippen molar-refractivity contribution in [2.24, 2.45) is 0 Å². The van der Waals surface area contributed by atoms with Crippen LogP contribution >= 0.6 is 0 Å². The summed E-state index contributed by atoms with van der Waals surface area (Å²) in [5.41, 5.74) is 3.36. The molecule has 18 heavy (non-hydrogen) atoms. The molecule has 1 unspecified atom stereocenters. The lowest BCUT2D eigenvalue weighted by atomic mass is 10.1. The number of hydrogen-bond donors (Lipinski definition) is 2. The number of nitrogens with one attached hydrogen (secondary N) is 2. The molecule has 94 valence electrons. The average Bonchev–Trinajstić information content (AvgIpc) is 2.40. The predicted molar refractivity (Wildman–Crippen MR) is 76.0 cm³/mol. The summed E-state index contributed by atoms with van der Waals surface area (Å²) in [6.45, 7) is 4.25. The SMILES string of the molecule is Cc1cc(NC2CCCNC2)c2ccccc2n1. The molecule has 1 atom stereocenters. The molecule has 1 aliphatic heterocycles. The molecule has 3 rings (SSSR count). The van der Waals surface area contributed by atoms with Crippen LogP contribution in [-0.2, 0) is 0 Å². The van der Waals surface area contributed by atoms with E-state index in [1.54, 1.807) is 0 Å². The number of rotatable bonds is 2. The molecule has 1 aromatic carbocycles. The van der Waals surface area contributed by atoms with Crippen molar-refractivity contribution in [3.05, 3.63) is 36.0 Å². The van der Waals surface area contributed by atoms with Crippen molar-refractivity contribution >= 4 is 16.6 Å². The van der Waals surface area contributed by atoms with Crippen molar-refractivity contribution in [3.8, 4) is 0 Å². The molecule has 2 heterocycles. The highest BCUT2D eigenvalue weighted by molar-refractivity contribution is 5.91. The molecule has 3 nitrogen and oxygen atoms in total. The summed E-state index contributed by atoms with van der Waals surface area (Å²) in [7, 11) is 0. The molecule has 3 heteroatoms. The van der Waals surface area contributed by atoms with Crippen LogP contribution in [0.25, 0.3) is 10.9 Å². The van der Waals surface area contributed by atoms with Gasteiger partial charge in [-0.3, -0.25) is 4.98 Å². The van der Waals surface area contributed by atoms with Crippen molar-refractivity contribution < 1.29 is 0 Å².